The zero-order chi connectivity index (χ0) is 23.0. The molecule has 2 atom stereocenters. The van der Waals surface area contributed by atoms with Crippen molar-refractivity contribution in [2.24, 2.45) is 4.99 Å². The number of sulfone groups is 1. The second kappa shape index (κ2) is 8.78. The molecule has 2 aliphatic rings. The second-order valence-electron chi connectivity index (χ2n) is 8.04. The fraction of sp³-hybridized carbons (Fsp3) is 0.391. The molecule has 170 valence electrons. The molecule has 2 saturated heterocycles. The Hall–Kier alpha value is -2.52. The van der Waals surface area contributed by atoms with Gasteiger partial charge in [-0.2, -0.15) is 4.99 Å². The van der Waals surface area contributed by atoms with Crippen LogP contribution >= 0.6 is 11.8 Å². The Labute approximate surface area is 192 Å². The maximum Gasteiger partial charge on any atom is 0.252 e. The summed E-state index contributed by atoms with van der Waals surface area (Å²) in [5.41, 5.74) is 3.83. The molecule has 0 N–H and O–H groups in total. The molecular weight excluding hydrogens is 448 g/mol. The Morgan fingerprint density at radius 1 is 1.12 bits per heavy atom. The molecule has 2 aromatic carbocycles. The Balaban J connectivity index is 1.65. The van der Waals surface area contributed by atoms with Crippen LogP contribution in [0.4, 0.5) is 5.69 Å². The molecule has 32 heavy (non-hydrogen) atoms. The molecule has 0 bridgehead atoms. The van der Waals surface area contributed by atoms with Gasteiger partial charge in [-0.05, 0) is 48.7 Å². The molecule has 7 nitrogen and oxygen atoms in total. The van der Waals surface area contributed by atoms with Crippen LogP contribution in [0.5, 0.6) is 11.5 Å². The van der Waals surface area contributed by atoms with E-state index in [9.17, 15) is 13.2 Å². The van der Waals surface area contributed by atoms with E-state index in [0.29, 0.717) is 16.7 Å². The van der Waals surface area contributed by atoms with Gasteiger partial charge in [-0.15, -0.1) is 0 Å². The molecular formula is C23H26N2O5S2. The van der Waals surface area contributed by atoms with E-state index >= 15 is 0 Å². The molecule has 2 heterocycles. The smallest absolute Gasteiger partial charge is 0.252 e. The minimum Gasteiger partial charge on any atom is -0.493 e. The number of fused-ring (bicyclic) bond motifs is 1. The molecule has 2 aromatic rings. The number of amides is 1. The summed E-state index contributed by atoms with van der Waals surface area (Å²) in [6, 6.07) is 11.0. The number of hydrogen-bond acceptors (Lipinski definition) is 6. The number of benzene rings is 2. The third-order valence-corrected chi connectivity index (χ3v) is 9.14. The van der Waals surface area contributed by atoms with E-state index in [0.717, 1.165) is 22.4 Å². The van der Waals surface area contributed by atoms with Crippen molar-refractivity contribution in [2.75, 3.05) is 30.6 Å². The van der Waals surface area contributed by atoms with Crippen LogP contribution in [0.25, 0.3) is 0 Å². The number of ether oxygens (including phenoxy) is 2. The monoisotopic (exact) mass is 474 g/mol. The molecule has 0 unspecified atom stereocenters. The first-order valence-electron chi connectivity index (χ1n) is 10.3. The second-order valence-corrected chi connectivity index (χ2v) is 11.4. The van der Waals surface area contributed by atoms with Crippen LogP contribution in [0.3, 0.4) is 0 Å². The molecule has 1 amide bonds. The van der Waals surface area contributed by atoms with Crippen molar-refractivity contribution in [2.45, 2.75) is 31.6 Å². The van der Waals surface area contributed by atoms with Gasteiger partial charge < -0.3 is 14.4 Å². The number of amidine groups is 1. The largest absolute Gasteiger partial charge is 0.493 e. The Kier molecular flexibility index (Phi) is 6.22. The van der Waals surface area contributed by atoms with Crippen molar-refractivity contribution < 1.29 is 22.7 Å². The van der Waals surface area contributed by atoms with Gasteiger partial charge in [-0.3, -0.25) is 4.79 Å². The minimum absolute atomic E-state index is 0.0704. The molecule has 0 radical (unpaired) electrons. The summed E-state index contributed by atoms with van der Waals surface area (Å²) in [5.74, 6) is 1.03. The summed E-state index contributed by atoms with van der Waals surface area (Å²) in [6.07, 6.45) is 0.110. The van der Waals surface area contributed by atoms with Gasteiger partial charge >= 0.3 is 0 Å². The highest BCUT2D eigenvalue weighted by molar-refractivity contribution is 8.16. The SMILES string of the molecule is COc1ccc(CC(=O)N=C2S[C@@H]3CS(=O)(=O)C[C@H]3N2c2cccc(C)c2C)cc1OC. The number of thioether (sulfide) groups is 1. The van der Waals surface area contributed by atoms with Gasteiger partial charge in [0.25, 0.3) is 5.91 Å². The van der Waals surface area contributed by atoms with Crippen LogP contribution in [0.2, 0.25) is 0 Å². The van der Waals surface area contributed by atoms with Crippen LogP contribution < -0.4 is 14.4 Å². The fourth-order valence-corrected chi connectivity index (χ4v) is 8.08. The van der Waals surface area contributed by atoms with Gasteiger partial charge in [0.05, 0.1) is 38.2 Å². The first kappa shape index (κ1) is 22.7. The molecule has 0 saturated carbocycles. The van der Waals surface area contributed by atoms with E-state index in [2.05, 4.69) is 4.99 Å². The van der Waals surface area contributed by atoms with E-state index in [4.69, 9.17) is 9.47 Å². The van der Waals surface area contributed by atoms with Gasteiger partial charge in [0.15, 0.2) is 26.5 Å². The number of carbonyl (C=O) groups excluding carboxylic acids is 1. The third-order valence-electron chi connectivity index (χ3n) is 5.93. The lowest BCUT2D eigenvalue weighted by molar-refractivity contribution is -0.117. The number of nitrogens with zero attached hydrogens (tertiary/aromatic N) is 2. The average molecular weight is 475 g/mol. The summed E-state index contributed by atoms with van der Waals surface area (Å²) < 4.78 is 35.1. The van der Waals surface area contributed by atoms with Crippen molar-refractivity contribution in [3.05, 3.63) is 53.1 Å². The Bertz CT molecular complexity index is 1190. The summed E-state index contributed by atoms with van der Waals surface area (Å²) >= 11 is 1.38. The number of aryl methyl sites for hydroxylation is 1. The highest BCUT2D eigenvalue weighted by atomic mass is 32.2. The zero-order valence-electron chi connectivity index (χ0n) is 18.5. The van der Waals surface area contributed by atoms with Crippen molar-refractivity contribution in [3.8, 4) is 11.5 Å². The topological polar surface area (TPSA) is 85.3 Å². The van der Waals surface area contributed by atoms with Gasteiger partial charge in [0, 0.05) is 10.9 Å². The quantitative estimate of drug-likeness (QED) is 0.658. The lowest BCUT2D eigenvalue weighted by Gasteiger charge is -2.26. The standard InChI is InChI=1S/C23H26N2O5S2/c1-14-6-5-7-17(15(14)2)25-18-12-32(27,28)13-21(18)31-23(25)24-22(26)11-16-8-9-19(29-3)20(10-16)30-4/h5-10,18,21H,11-13H2,1-4H3/t18-,21-/m1/s1. The maximum atomic E-state index is 12.9. The summed E-state index contributed by atoms with van der Waals surface area (Å²) in [7, 11) is -0.00261. The van der Waals surface area contributed by atoms with Crippen LogP contribution in [-0.4, -0.2) is 56.5 Å². The molecule has 4 rings (SSSR count). The van der Waals surface area contributed by atoms with Crippen LogP contribution in [0, 0.1) is 13.8 Å². The summed E-state index contributed by atoms with van der Waals surface area (Å²) in [4.78, 5) is 19.3. The lowest BCUT2D eigenvalue weighted by atomic mass is 10.1. The molecule has 0 spiro atoms. The van der Waals surface area contributed by atoms with Crippen LogP contribution in [0.1, 0.15) is 16.7 Å². The number of aliphatic imine (C=N–C) groups is 1. The van der Waals surface area contributed by atoms with Gasteiger partial charge in [0.2, 0.25) is 0 Å². The number of anilines is 1. The highest BCUT2D eigenvalue weighted by Gasteiger charge is 2.49. The van der Waals surface area contributed by atoms with E-state index in [1.807, 2.05) is 43.0 Å². The predicted molar refractivity (Wildman–Crippen MR) is 128 cm³/mol. The normalized spacial score (nSPS) is 22.8. The van der Waals surface area contributed by atoms with Crippen molar-refractivity contribution in [1.82, 2.24) is 0 Å². The number of rotatable bonds is 5. The number of carbonyl (C=O) groups is 1. The minimum atomic E-state index is -3.11. The molecule has 0 aliphatic carbocycles. The number of hydrogen-bond donors (Lipinski definition) is 0. The van der Waals surface area contributed by atoms with Crippen LogP contribution in [-0.2, 0) is 21.1 Å². The van der Waals surface area contributed by atoms with E-state index in [1.165, 1.54) is 11.8 Å². The molecule has 2 aliphatic heterocycles. The highest BCUT2D eigenvalue weighted by Crippen LogP contribution is 2.42. The van der Waals surface area contributed by atoms with Gasteiger partial charge in [0.1, 0.15) is 0 Å². The first-order valence-corrected chi connectivity index (χ1v) is 13.0. The molecule has 0 aromatic heterocycles. The van der Waals surface area contributed by atoms with E-state index in [-0.39, 0.29) is 35.1 Å². The molecule has 9 heteroatoms. The van der Waals surface area contributed by atoms with Crippen molar-refractivity contribution in [3.63, 3.8) is 0 Å². The van der Waals surface area contributed by atoms with E-state index in [1.54, 1.807) is 26.4 Å². The molecule has 2 fully saturated rings. The zero-order valence-corrected chi connectivity index (χ0v) is 20.1. The lowest BCUT2D eigenvalue weighted by Crippen LogP contribution is -2.38. The Morgan fingerprint density at radius 2 is 1.88 bits per heavy atom. The maximum absolute atomic E-state index is 12.9. The summed E-state index contributed by atoms with van der Waals surface area (Å²) in [5, 5.41) is 0.432. The third kappa shape index (κ3) is 4.36. The van der Waals surface area contributed by atoms with Gasteiger partial charge in [-0.25, -0.2) is 8.42 Å². The average Bonchev–Trinajstić information content (AvgIpc) is 3.20. The fourth-order valence-electron chi connectivity index (χ4n) is 4.15. The predicted octanol–water partition coefficient (Wildman–Crippen LogP) is 3.16. The van der Waals surface area contributed by atoms with Crippen molar-refractivity contribution >= 4 is 38.4 Å². The van der Waals surface area contributed by atoms with Crippen LogP contribution in [0.15, 0.2) is 41.4 Å². The summed E-state index contributed by atoms with van der Waals surface area (Å²) in [6.45, 7) is 4.03. The Morgan fingerprint density at radius 3 is 2.59 bits per heavy atom. The number of methoxy groups -OCH3 is 2. The van der Waals surface area contributed by atoms with Gasteiger partial charge in [-0.1, -0.05) is 30.0 Å². The van der Waals surface area contributed by atoms with Crippen molar-refractivity contribution in [1.29, 1.82) is 0 Å². The first-order chi connectivity index (χ1) is 15.2. The van der Waals surface area contributed by atoms with E-state index < -0.39 is 9.84 Å².